The van der Waals surface area contributed by atoms with Crippen LogP contribution in [-0.2, 0) is 4.79 Å². The molecule has 11 heteroatoms. The predicted octanol–water partition coefficient (Wildman–Crippen LogP) is 2.58. The number of H-pyrrole nitrogens is 1. The molecular formula is C26H30FN5O5. The van der Waals surface area contributed by atoms with Gasteiger partial charge in [-0.05, 0) is 38.2 Å². The van der Waals surface area contributed by atoms with Crippen molar-refractivity contribution in [3.8, 4) is 22.8 Å². The van der Waals surface area contributed by atoms with Gasteiger partial charge in [-0.25, -0.2) is 14.4 Å². The van der Waals surface area contributed by atoms with Gasteiger partial charge in [0.2, 0.25) is 5.91 Å². The Morgan fingerprint density at radius 2 is 2.03 bits per heavy atom. The molecule has 1 aliphatic carbocycles. The maximum absolute atomic E-state index is 14.6. The Bertz CT molecular complexity index is 1350. The van der Waals surface area contributed by atoms with Crippen molar-refractivity contribution in [1.29, 1.82) is 0 Å². The fraction of sp³-hybridized carbons (Fsp3) is 0.462. The fourth-order valence-electron chi connectivity index (χ4n) is 4.72. The van der Waals surface area contributed by atoms with Gasteiger partial charge >= 0.3 is 0 Å². The van der Waals surface area contributed by atoms with Crippen molar-refractivity contribution in [2.75, 3.05) is 26.8 Å². The van der Waals surface area contributed by atoms with Crippen molar-refractivity contribution in [2.24, 2.45) is 5.92 Å². The highest BCUT2D eigenvalue weighted by Crippen LogP contribution is 2.39. The van der Waals surface area contributed by atoms with E-state index in [-0.39, 0.29) is 18.2 Å². The Morgan fingerprint density at radius 1 is 1.24 bits per heavy atom. The minimum Gasteiger partial charge on any atom is -0.494 e. The number of likely N-dealkylation sites (tertiary alicyclic amines) is 1. The van der Waals surface area contributed by atoms with Gasteiger partial charge in [-0.3, -0.25) is 9.59 Å². The number of β-amino-alcohol motifs (C(OH)–C–C–N with tert-alkyl or cyclic N) is 1. The SMILES string of the molecule is COc1cc(-c2ncnc3c(C(=O)N[C@@H]4CCN(C(C)=O)C[C@H]4O)c(C)[nH]c23)c(OCC2CC2)cc1F. The summed E-state index contributed by atoms with van der Waals surface area (Å²) < 4.78 is 25.7. The lowest BCUT2D eigenvalue weighted by Gasteiger charge is -2.35. The van der Waals surface area contributed by atoms with Crippen LogP contribution < -0.4 is 14.8 Å². The lowest BCUT2D eigenvalue weighted by molar-refractivity contribution is -0.132. The van der Waals surface area contributed by atoms with E-state index >= 15 is 0 Å². The first-order valence-electron chi connectivity index (χ1n) is 12.3. The van der Waals surface area contributed by atoms with E-state index in [1.54, 1.807) is 11.8 Å². The Morgan fingerprint density at radius 3 is 2.70 bits per heavy atom. The number of carbonyl (C=O) groups is 2. The van der Waals surface area contributed by atoms with Crippen LogP contribution in [0.3, 0.4) is 0 Å². The maximum Gasteiger partial charge on any atom is 0.255 e. The molecule has 2 aromatic heterocycles. The monoisotopic (exact) mass is 511 g/mol. The van der Waals surface area contributed by atoms with Crippen molar-refractivity contribution in [3.05, 3.63) is 35.5 Å². The Kier molecular flexibility index (Phi) is 6.72. The molecule has 0 bridgehead atoms. The summed E-state index contributed by atoms with van der Waals surface area (Å²) >= 11 is 0. The third-order valence-corrected chi connectivity index (χ3v) is 7.02. The van der Waals surface area contributed by atoms with Crippen LogP contribution in [0.5, 0.6) is 11.5 Å². The Labute approximate surface area is 213 Å². The van der Waals surface area contributed by atoms with Gasteiger partial charge in [0.1, 0.15) is 23.3 Å². The number of aliphatic hydroxyl groups is 1. The number of carbonyl (C=O) groups excluding carboxylic acids is 2. The molecule has 0 radical (unpaired) electrons. The van der Waals surface area contributed by atoms with Crippen LogP contribution in [0.2, 0.25) is 0 Å². The number of amides is 2. The molecule has 196 valence electrons. The molecule has 5 rings (SSSR count). The van der Waals surface area contributed by atoms with Gasteiger partial charge in [0.05, 0.1) is 36.9 Å². The van der Waals surface area contributed by atoms with Crippen molar-refractivity contribution in [2.45, 2.75) is 45.3 Å². The summed E-state index contributed by atoms with van der Waals surface area (Å²) in [4.78, 5) is 38.5. The zero-order valence-corrected chi connectivity index (χ0v) is 21.0. The van der Waals surface area contributed by atoms with E-state index in [4.69, 9.17) is 9.47 Å². The zero-order chi connectivity index (χ0) is 26.3. The Hall–Kier alpha value is -3.73. The highest BCUT2D eigenvalue weighted by molar-refractivity contribution is 6.09. The number of hydrogen-bond acceptors (Lipinski definition) is 7. The number of benzene rings is 1. The summed E-state index contributed by atoms with van der Waals surface area (Å²) in [5.41, 5.74) is 2.76. The van der Waals surface area contributed by atoms with Crippen LogP contribution in [-0.4, -0.2) is 75.7 Å². The third kappa shape index (κ3) is 4.95. The average molecular weight is 512 g/mol. The van der Waals surface area contributed by atoms with Crippen molar-refractivity contribution in [3.63, 3.8) is 0 Å². The van der Waals surface area contributed by atoms with Gasteiger partial charge < -0.3 is 29.8 Å². The van der Waals surface area contributed by atoms with E-state index in [2.05, 4.69) is 20.3 Å². The molecule has 37 heavy (non-hydrogen) atoms. The summed E-state index contributed by atoms with van der Waals surface area (Å²) in [5.74, 6) is -0.200. The topological polar surface area (TPSA) is 130 Å². The normalized spacial score (nSPS) is 19.6. The van der Waals surface area contributed by atoms with Crippen LogP contribution >= 0.6 is 0 Å². The molecule has 1 saturated carbocycles. The molecule has 1 aliphatic heterocycles. The van der Waals surface area contributed by atoms with E-state index in [1.807, 2.05) is 0 Å². The lowest BCUT2D eigenvalue weighted by atomic mass is 10.0. The van der Waals surface area contributed by atoms with Gasteiger partial charge in [-0.2, -0.15) is 0 Å². The number of rotatable bonds is 7. The zero-order valence-electron chi connectivity index (χ0n) is 21.0. The summed E-state index contributed by atoms with van der Waals surface area (Å²) in [7, 11) is 1.39. The average Bonchev–Trinajstić information content (AvgIpc) is 3.63. The minimum absolute atomic E-state index is 0.0488. The van der Waals surface area contributed by atoms with Gasteiger partial charge in [0.15, 0.2) is 11.6 Å². The smallest absolute Gasteiger partial charge is 0.255 e. The molecule has 10 nitrogen and oxygen atoms in total. The predicted molar refractivity (Wildman–Crippen MR) is 133 cm³/mol. The highest BCUT2D eigenvalue weighted by atomic mass is 19.1. The van der Waals surface area contributed by atoms with Crippen molar-refractivity contribution in [1.82, 2.24) is 25.2 Å². The largest absolute Gasteiger partial charge is 0.494 e. The first-order chi connectivity index (χ1) is 17.8. The molecule has 2 amide bonds. The van der Waals surface area contributed by atoms with Crippen LogP contribution in [0.4, 0.5) is 4.39 Å². The van der Waals surface area contributed by atoms with E-state index in [1.165, 1.54) is 32.5 Å². The number of methoxy groups -OCH3 is 1. The van der Waals surface area contributed by atoms with E-state index < -0.39 is 23.9 Å². The number of hydrogen-bond donors (Lipinski definition) is 3. The molecule has 3 aromatic rings. The molecule has 3 heterocycles. The summed E-state index contributed by atoms with van der Waals surface area (Å²) in [5, 5.41) is 13.4. The van der Waals surface area contributed by atoms with Crippen LogP contribution in [0.1, 0.15) is 42.2 Å². The van der Waals surface area contributed by atoms with E-state index in [0.29, 0.717) is 64.8 Å². The molecule has 1 aromatic carbocycles. The summed E-state index contributed by atoms with van der Waals surface area (Å²) in [6.07, 6.45) is 3.08. The molecule has 0 spiro atoms. The number of aromatic amines is 1. The maximum atomic E-state index is 14.6. The summed E-state index contributed by atoms with van der Waals surface area (Å²) in [6, 6.07) is 2.33. The molecule has 2 atom stereocenters. The number of aromatic nitrogens is 3. The third-order valence-electron chi connectivity index (χ3n) is 7.02. The molecule has 2 aliphatic rings. The highest BCUT2D eigenvalue weighted by Gasteiger charge is 2.32. The van der Waals surface area contributed by atoms with Crippen LogP contribution in [0.25, 0.3) is 22.3 Å². The van der Waals surface area contributed by atoms with Crippen LogP contribution in [0.15, 0.2) is 18.5 Å². The van der Waals surface area contributed by atoms with E-state index in [9.17, 15) is 19.1 Å². The second-order valence-electron chi connectivity index (χ2n) is 9.71. The second-order valence-corrected chi connectivity index (χ2v) is 9.71. The van der Waals surface area contributed by atoms with Gasteiger partial charge in [-0.1, -0.05) is 0 Å². The van der Waals surface area contributed by atoms with Gasteiger partial charge in [0, 0.05) is 37.3 Å². The molecule has 1 saturated heterocycles. The molecule has 3 N–H and O–H groups in total. The number of aryl methyl sites for hydroxylation is 1. The van der Waals surface area contributed by atoms with Crippen LogP contribution in [0, 0.1) is 18.7 Å². The quantitative estimate of drug-likeness (QED) is 0.445. The summed E-state index contributed by atoms with van der Waals surface area (Å²) in [6.45, 7) is 4.31. The number of fused-ring (bicyclic) bond motifs is 1. The van der Waals surface area contributed by atoms with Crippen molar-refractivity contribution < 1.29 is 28.6 Å². The Balaban J connectivity index is 1.48. The van der Waals surface area contributed by atoms with Gasteiger partial charge in [0.25, 0.3) is 5.91 Å². The first-order valence-corrected chi connectivity index (χ1v) is 12.3. The number of nitrogens with zero attached hydrogens (tertiary/aromatic N) is 3. The second kappa shape index (κ2) is 9.97. The molecular weight excluding hydrogens is 481 g/mol. The fourth-order valence-corrected chi connectivity index (χ4v) is 4.72. The van der Waals surface area contributed by atoms with Crippen molar-refractivity contribution >= 4 is 22.8 Å². The first kappa shape index (κ1) is 24.9. The van der Waals surface area contributed by atoms with Gasteiger partial charge in [-0.15, -0.1) is 0 Å². The number of piperidine rings is 1. The number of ether oxygens (including phenoxy) is 2. The molecule has 2 fully saturated rings. The molecule has 0 unspecified atom stereocenters. The number of aliphatic hydroxyl groups excluding tert-OH is 1. The lowest BCUT2D eigenvalue weighted by Crippen LogP contribution is -2.55. The minimum atomic E-state index is -0.879. The van der Waals surface area contributed by atoms with E-state index in [0.717, 1.165) is 12.8 Å². The number of nitrogens with one attached hydrogen (secondary N) is 2. The standard InChI is InChI=1S/C26H30FN5O5/c1-13-22(26(35)31-18-6-7-32(14(2)33)10-19(18)34)24-25(30-13)23(28-12-29-24)16-8-21(36-3)17(27)9-20(16)37-11-15-4-5-15/h8-9,12,15,18-19,30,34H,4-7,10-11H2,1-3H3,(H,31,35)/t18-,19-/m1/s1. The number of halogens is 1.